The number of rotatable bonds is 11. The molecule has 9 heteroatoms. The number of carbonyl (C=O) groups is 2. The topological polar surface area (TPSA) is 86.8 Å². The Morgan fingerprint density at radius 3 is 2.33 bits per heavy atom. The van der Waals surface area contributed by atoms with Gasteiger partial charge in [-0.2, -0.15) is 4.31 Å². The molecule has 2 amide bonds. The summed E-state index contributed by atoms with van der Waals surface area (Å²) in [5.74, 6) is -1.48. The van der Waals surface area contributed by atoms with Gasteiger partial charge in [-0.25, -0.2) is 12.8 Å². The zero-order chi connectivity index (χ0) is 24.6. The van der Waals surface area contributed by atoms with Crippen LogP contribution in [0.25, 0.3) is 0 Å². The van der Waals surface area contributed by atoms with Crippen LogP contribution in [0.4, 0.5) is 4.39 Å². The molecule has 0 saturated heterocycles. The molecule has 0 aliphatic heterocycles. The molecular formula is C24H32FN3O4S. The van der Waals surface area contributed by atoms with Crippen molar-refractivity contribution >= 4 is 21.8 Å². The molecule has 0 unspecified atom stereocenters. The van der Waals surface area contributed by atoms with E-state index in [-0.39, 0.29) is 22.9 Å². The Hall–Kier alpha value is -2.78. The molecule has 0 aliphatic carbocycles. The van der Waals surface area contributed by atoms with Gasteiger partial charge in [0, 0.05) is 25.7 Å². The van der Waals surface area contributed by atoms with Crippen LogP contribution in [0.15, 0.2) is 53.4 Å². The predicted octanol–water partition coefficient (Wildman–Crippen LogP) is 3.09. The third kappa shape index (κ3) is 7.10. The second-order valence-electron chi connectivity index (χ2n) is 8.01. The Labute approximate surface area is 195 Å². The summed E-state index contributed by atoms with van der Waals surface area (Å²) >= 11 is 0. The molecule has 1 atom stereocenters. The fraction of sp³-hybridized carbons (Fsp3) is 0.417. The summed E-state index contributed by atoms with van der Waals surface area (Å²) in [6, 6.07) is 11.4. The number of halogens is 1. The lowest BCUT2D eigenvalue weighted by Crippen LogP contribution is -2.50. The maximum absolute atomic E-state index is 14.3. The van der Waals surface area contributed by atoms with Gasteiger partial charge in [-0.1, -0.05) is 49.2 Å². The summed E-state index contributed by atoms with van der Waals surface area (Å²) in [7, 11) is -2.61. The molecule has 180 valence electrons. The van der Waals surface area contributed by atoms with E-state index in [9.17, 15) is 22.4 Å². The zero-order valence-electron chi connectivity index (χ0n) is 19.5. The SMILES string of the molecule is CCCCNC(=O)[C@@H](C)N(Cc1ccccc1F)C(=O)CN(C)S(=O)(=O)c1ccc(C)cc1. The normalized spacial score (nSPS) is 12.4. The number of aryl methyl sites for hydroxylation is 1. The van der Waals surface area contributed by atoms with Gasteiger partial charge >= 0.3 is 0 Å². The van der Waals surface area contributed by atoms with Crippen LogP contribution < -0.4 is 5.32 Å². The number of nitrogens with zero attached hydrogens (tertiary/aromatic N) is 2. The van der Waals surface area contributed by atoms with Gasteiger partial charge in [0.2, 0.25) is 21.8 Å². The zero-order valence-corrected chi connectivity index (χ0v) is 20.4. The third-order valence-corrected chi connectivity index (χ3v) is 7.20. The average molecular weight is 478 g/mol. The van der Waals surface area contributed by atoms with Crippen molar-refractivity contribution in [1.29, 1.82) is 0 Å². The van der Waals surface area contributed by atoms with Crippen LogP contribution in [0.3, 0.4) is 0 Å². The van der Waals surface area contributed by atoms with E-state index in [2.05, 4.69) is 5.32 Å². The van der Waals surface area contributed by atoms with Crippen LogP contribution in [0.2, 0.25) is 0 Å². The van der Waals surface area contributed by atoms with Crippen molar-refractivity contribution in [2.24, 2.45) is 0 Å². The molecule has 0 aromatic heterocycles. The molecule has 33 heavy (non-hydrogen) atoms. The summed E-state index contributed by atoms with van der Waals surface area (Å²) in [6.07, 6.45) is 1.69. The summed E-state index contributed by atoms with van der Waals surface area (Å²) in [4.78, 5) is 27.1. The van der Waals surface area contributed by atoms with E-state index in [1.165, 1.54) is 42.3 Å². The van der Waals surface area contributed by atoms with Crippen molar-refractivity contribution in [3.05, 3.63) is 65.5 Å². The minimum absolute atomic E-state index is 0.0643. The first-order valence-corrected chi connectivity index (χ1v) is 12.4. The highest BCUT2D eigenvalue weighted by molar-refractivity contribution is 7.89. The van der Waals surface area contributed by atoms with Crippen LogP contribution in [-0.2, 0) is 26.2 Å². The first kappa shape index (κ1) is 26.5. The fourth-order valence-electron chi connectivity index (χ4n) is 3.19. The molecular weight excluding hydrogens is 445 g/mol. The second-order valence-corrected chi connectivity index (χ2v) is 10.1. The maximum Gasteiger partial charge on any atom is 0.243 e. The van der Waals surface area contributed by atoms with Gasteiger partial charge in [0.15, 0.2) is 0 Å². The Bertz CT molecular complexity index is 1060. The summed E-state index contributed by atoms with van der Waals surface area (Å²) < 4.78 is 41.0. The van der Waals surface area contributed by atoms with E-state index in [1.54, 1.807) is 25.1 Å². The molecule has 2 aromatic rings. The molecule has 0 saturated carbocycles. The van der Waals surface area contributed by atoms with E-state index in [0.29, 0.717) is 6.54 Å². The number of nitrogens with one attached hydrogen (secondary N) is 1. The fourth-order valence-corrected chi connectivity index (χ4v) is 4.31. The number of sulfonamides is 1. The Morgan fingerprint density at radius 2 is 1.73 bits per heavy atom. The van der Waals surface area contributed by atoms with Crippen molar-refractivity contribution in [2.45, 2.75) is 51.1 Å². The number of likely N-dealkylation sites (N-methyl/N-ethyl adjacent to an activating group) is 1. The Morgan fingerprint density at radius 1 is 1.09 bits per heavy atom. The minimum atomic E-state index is -3.92. The van der Waals surface area contributed by atoms with Gasteiger partial charge in [-0.05, 0) is 38.5 Å². The molecule has 1 N–H and O–H groups in total. The van der Waals surface area contributed by atoms with Crippen LogP contribution in [0, 0.1) is 12.7 Å². The molecule has 0 fully saturated rings. The predicted molar refractivity (Wildman–Crippen MR) is 125 cm³/mol. The summed E-state index contributed by atoms with van der Waals surface area (Å²) in [5, 5.41) is 2.78. The van der Waals surface area contributed by atoms with Crippen molar-refractivity contribution in [3.8, 4) is 0 Å². The van der Waals surface area contributed by atoms with Crippen LogP contribution in [-0.4, -0.2) is 55.6 Å². The van der Waals surface area contributed by atoms with Gasteiger partial charge < -0.3 is 10.2 Å². The highest BCUT2D eigenvalue weighted by Crippen LogP contribution is 2.17. The molecule has 0 heterocycles. The largest absolute Gasteiger partial charge is 0.354 e. The summed E-state index contributed by atoms with van der Waals surface area (Å²) in [6.45, 7) is 5.20. The number of hydrogen-bond donors (Lipinski definition) is 1. The lowest BCUT2D eigenvalue weighted by molar-refractivity contribution is -0.140. The van der Waals surface area contributed by atoms with Gasteiger partial charge in [-0.3, -0.25) is 9.59 Å². The first-order valence-electron chi connectivity index (χ1n) is 10.9. The quantitative estimate of drug-likeness (QED) is 0.504. The van der Waals surface area contributed by atoms with Crippen molar-refractivity contribution in [3.63, 3.8) is 0 Å². The Kier molecular flexibility index (Phi) is 9.55. The van der Waals surface area contributed by atoms with Crippen molar-refractivity contribution in [1.82, 2.24) is 14.5 Å². The standard InChI is InChI=1S/C24H32FN3O4S/c1-5-6-15-26-24(30)19(3)28(16-20-9-7-8-10-22(20)25)23(29)17-27(4)33(31,32)21-13-11-18(2)12-14-21/h7-14,19H,5-6,15-17H2,1-4H3,(H,26,30)/t19-/m1/s1. The monoisotopic (exact) mass is 477 g/mol. The number of amides is 2. The summed E-state index contributed by atoms with van der Waals surface area (Å²) in [5.41, 5.74) is 1.15. The van der Waals surface area contributed by atoms with Crippen molar-refractivity contribution in [2.75, 3.05) is 20.1 Å². The number of carbonyl (C=O) groups excluding carboxylic acids is 2. The lowest BCUT2D eigenvalue weighted by atomic mass is 10.1. The van der Waals surface area contributed by atoms with E-state index >= 15 is 0 Å². The maximum atomic E-state index is 14.3. The van der Waals surface area contributed by atoms with Crippen molar-refractivity contribution < 1.29 is 22.4 Å². The number of benzene rings is 2. The molecule has 7 nitrogen and oxygen atoms in total. The van der Waals surface area contributed by atoms with E-state index in [4.69, 9.17) is 0 Å². The van der Waals surface area contributed by atoms with E-state index in [1.807, 2.05) is 13.8 Å². The average Bonchev–Trinajstić information content (AvgIpc) is 2.78. The van der Waals surface area contributed by atoms with Gasteiger partial charge in [0.05, 0.1) is 11.4 Å². The highest BCUT2D eigenvalue weighted by Gasteiger charge is 2.30. The molecule has 2 rings (SSSR count). The van der Waals surface area contributed by atoms with Gasteiger partial charge in [-0.15, -0.1) is 0 Å². The van der Waals surface area contributed by atoms with E-state index < -0.39 is 34.3 Å². The number of hydrogen-bond acceptors (Lipinski definition) is 4. The Balaban J connectivity index is 2.25. The van der Waals surface area contributed by atoms with Crippen LogP contribution >= 0.6 is 0 Å². The van der Waals surface area contributed by atoms with E-state index in [0.717, 1.165) is 22.7 Å². The molecule has 2 aromatic carbocycles. The molecule has 0 aliphatic rings. The van der Waals surface area contributed by atoms with Crippen LogP contribution in [0.5, 0.6) is 0 Å². The third-order valence-electron chi connectivity index (χ3n) is 5.38. The minimum Gasteiger partial charge on any atom is -0.354 e. The molecule has 0 bridgehead atoms. The molecule has 0 spiro atoms. The first-order chi connectivity index (χ1) is 15.6. The molecule has 0 radical (unpaired) electrons. The highest BCUT2D eigenvalue weighted by atomic mass is 32.2. The van der Waals surface area contributed by atoms with Crippen LogP contribution in [0.1, 0.15) is 37.8 Å². The number of unbranched alkanes of at least 4 members (excludes halogenated alkanes) is 1. The lowest BCUT2D eigenvalue weighted by Gasteiger charge is -2.30. The second kappa shape index (κ2) is 11.9. The van der Waals surface area contributed by atoms with Gasteiger partial charge in [0.1, 0.15) is 11.9 Å². The van der Waals surface area contributed by atoms with Gasteiger partial charge in [0.25, 0.3) is 0 Å². The smallest absolute Gasteiger partial charge is 0.243 e.